The Morgan fingerprint density at radius 3 is 2.68 bits per heavy atom. The molecule has 0 radical (unpaired) electrons. The largest absolute Gasteiger partial charge is 0.497 e. The number of sulfonamides is 1. The SMILES string of the molecule is COc1ccc(C2CCN(S(=O)(=O)Cc3cccc(C#N)c3)C2)cc1. The van der Waals surface area contributed by atoms with Crippen molar-refractivity contribution in [2.75, 3.05) is 20.2 Å². The van der Waals surface area contributed by atoms with Crippen LogP contribution in [-0.4, -0.2) is 32.9 Å². The third kappa shape index (κ3) is 4.01. The monoisotopic (exact) mass is 356 g/mol. The molecule has 2 aromatic rings. The molecule has 0 amide bonds. The molecule has 0 aromatic heterocycles. The van der Waals surface area contributed by atoms with Crippen LogP contribution in [0.2, 0.25) is 0 Å². The molecule has 1 aliphatic rings. The van der Waals surface area contributed by atoms with Crippen LogP contribution in [0, 0.1) is 11.3 Å². The number of hydrogen-bond acceptors (Lipinski definition) is 4. The molecule has 6 heteroatoms. The smallest absolute Gasteiger partial charge is 0.218 e. The highest BCUT2D eigenvalue weighted by molar-refractivity contribution is 7.88. The quantitative estimate of drug-likeness (QED) is 0.826. The maximum atomic E-state index is 12.7. The van der Waals surface area contributed by atoms with E-state index >= 15 is 0 Å². The summed E-state index contributed by atoms with van der Waals surface area (Å²) in [5.74, 6) is 0.924. The molecule has 0 saturated carbocycles. The first-order valence-electron chi connectivity index (χ1n) is 8.12. The highest BCUT2D eigenvalue weighted by Gasteiger charge is 2.32. The summed E-state index contributed by atoms with van der Waals surface area (Å²) in [5.41, 5.74) is 2.25. The van der Waals surface area contributed by atoms with E-state index < -0.39 is 10.0 Å². The summed E-state index contributed by atoms with van der Waals surface area (Å²) >= 11 is 0. The Hall–Kier alpha value is -2.36. The van der Waals surface area contributed by atoms with Crippen molar-refractivity contribution < 1.29 is 13.2 Å². The van der Waals surface area contributed by atoms with Crippen molar-refractivity contribution in [3.8, 4) is 11.8 Å². The number of ether oxygens (including phenoxy) is 1. The predicted molar refractivity (Wildman–Crippen MR) is 95.7 cm³/mol. The van der Waals surface area contributed by atoms with Crippen molar-refractivity contribution in [3.05, 3.63) is 65.2 Å². The summed E-state index contributed by atoms with van der Waals surface area (Å²) in [7, 11) is -1.77. The van der Waals surface area contributed by atoms with Crippen molar-refractivity contribution in [1.29, 1.82) is 5.26 Å². The number of nitriles is 1. The van der Waals surface area contributed by atoms with Crippen molar-refractivity contribution >= 4 is 10.0 Å². The number of methoxy groups -OCH3 is 1. The van der Waals surface area contributed by atoms with Gasteiger partial charge in [0.2, 0.25) is 10.0 Å². The summed E-state index contributed by atoms with van der Waals surface area (Å²) in [5, 5.41) is 8.95. The van der Waals surface area contributed by atoms with Gasteiger partial charge in [-0.15, -0.1) is 0 Å². The van der Waals surface area contributed by atoms with Gasteiger partial charge in [-0.05, 0) is 47.7 Å². The minimum absolute atomic E-state index is 0.0716. The fourth-order valence-electron chi connectivity index (χ4n) is 3.16. The van der Waals surface area contributed by atoms with Crippen LogP contribution in [-0.2, 0) is 15.8 Å². The summed E-state index contributed by atoms with van der Waals surface area (Å²) in [6.45, 7) is 1.02. The summed E-state index contributed by atoms with van der Waals surface area (Å²) < 4.78 is 32.1. The zero-order valence-corrected chi connectivity index (χ0v) is 14.9. The lowest BCUT2D eigenvalue weighted by atomic mass is 9.99. The maximum Gasteiger partial charge on any atom is 0.218 e. The van der Waals surface area contributed by atoms with Crippen LogP contribution in [0.4, 0.5) is 0 Å². The number of rotatable bonds is 5. The second kappa shape index (κ2) is 7.26. The van der Waals surface area contributed by atoms with E-state index in [9.17, 15) is 8.42 Å². The molecule has 1 saturated heterocycles. The van der Waals surface area contributed by atoms with Gasteiger partial charge in [0, 0.05) is 13.1 Å². The van der Waals surface area contributed by atoms with E-state index in [1.807, 2.05) is 30.3 Å². The molecule has 1 aliphatic heterocycles. The average molecular weight is 356 g/mol. The third-order valence-corrected chi connectivity index (χ3v) is 6.35. The van der Waals surface area contributed by atoms with Crippen LogP contribution in [0.5, 0.6) is 5.75 Å². The molecule has 1 fully saturated rings. The lowest BCUT2D eigenvalue weighted by molar-refractivity contribution is 0.414. The third-order valence-electron chi connectivity index (χ3n) is 4.54. The Labute approximate surface area is 148 Å². The molecule has 1 unspecified atom stereocenters. The van der Waals surface area contributed by atoms with Crippen LogP contribution in [0.1, 0.15) is 29.0 Å². The van der Waals surface area contributed by atoms with Crippen LogP contribution >= 0.6 is 0 Å². The molecule has 25 heavy (non-hydrogen) atoms. The highest BCUT2D eigenvalue weighted by Crippen LogP contribution is 2.30. The molecule has 0 spiro atoms. The van der Waals surface area contributed by atoms with Crippen LogP contribution in [0.25, 0.3) is 0 Å². The van der Waals surface area contributed by atoms with Crippen molar-refractivity contribution in [2.45, 2.75) is 18.1 Å². The Balaban J connectivity index is 1.70. The number of hydrogen-bond donors (Lipinski definition) is 0. The zero-order valence-electron chi connectivity index (χ0n) is 14.1. The first kappa shape index (κ1) is 17.5. The van der Waals surface area contributed by atoms with E-state index in [1.54, 1.807) is 35.7 Å². The maximum absolute atomic E-state index is 12.7. The topological polar surface area (TPSA) is 70.4 Å². The average Bonchev–Trinajstić information content (AvgIpc) is 3.13. The molecule has 0 aliphatic carbocycles. The Bertz CT molecular complexity index is 886. The highest BCUT2D eigenvalue weighted by atomic mass is 32.2. The first-order valence-corrected chi connectivity index (χ1v) is 9.73. The van der Waals surface area contributed by atoms with Gasteiger partial charge < -0.3 is 4.74 Å². The normalized spacial score (nSPS) is 18.0. The van der Waals surface area contributed by atoms with Crippen molar-refractivity contribution in [3.63, 3.8) is 0 Å². The molecule has 0 bridgehead atoms. The van der Waals surface area contributed by atoms with E-state index in [0.29, 0.717) is 24.2 Å². The van der Waals surface area contributed by atoms with E-state index in [1.165, 1.54) is 0 Å². The van der Waals surface area contributed by atoms with Gasteiger partial charge in [-0.25, -0.2) is 12.7 Å². The Morgan fingerprint density at radius 2 is 2.00 bits per heavy atom. The van der Waals surface area contributed by atoms with Crippen LogP contribution in [0.15, 0.2) is 48.5 Å². The number of nitrogens with zero attached hydrogens (tertiary/aromatic N) is 2. The zero-order chi connectivity index (χ0) is 17.9. The molecule has 3 rings (SSSR count). The lowest BCUT2D eigenvalue weighted by Crippen LogP contribution is -2.29. The Morgan fingerprint density at radius 1 is 1.24 bits per heavy atom. The minimum Gasteiger partial charge on any atom is -0.497 e. The summed E-state index contributed by atoms with van der Waals surface area (Å²) in [4.78, 5) is 0. The van der Waals surface area contributed by atoms with E-state index in [4.69, 9.17) is 10.00 Å². The van der Waals surface area contributed by atoms with Gasteiger partial charge in [0.15, 0.2) is 0 Å². The van der Waals surface area contributed by atoms with E-state index in [2.05, 4.69) is 0 Å². The van der Waals surface area contributed by atoms with Gasteiger partial charge in [0.1, 0.15) is 5.75 Å². The molecular weight excluding hydrogens is 336 g/mol. The van der Waals surface area contributed by atoms with E-state index in [-0.39, 0.29) is 11.7 Å². The lowest BCUT2D eigenvalue weighted by Gasteiger charge is -2.17. The fraction of sp³-hybridized carbons (Fsp3) is 0.316. The molecule has 2 aromatic carbocycles. The number of benzene rings is 2. The molecule has 1 heterocycles. The summed E-state index contributed by atoms with van der Waals surface area (Å²) in [6, 6.07) is 16.6. The molecule has 0 N–H and O–H groups in total. The molecule has 1 atom stereocenters. The minimum atomic E-state index is -3.39. The predicted octanol–water partition coefficient (Wildman–Crippen LogP) is 2.89. The standard InChI is InChI=1S/C19H20N2O3S/c1-24-19-7-5-17(6-8-19)18-9-10-21(13-18)25(22,23)14-16-4-2-3-15(11-16)12-20/h2-8,11,18H,9-10,13-14H2,1H3. The molecular formula is C19H20N2O3S. The van der Waals surface area contributed by atoms with E-state index in [0.717, 1.165) is 17.7 Å². The van der Waals surface area contributed by atoms with Gasteiger partial charge in [-0.2, -0.15) is 5.26 Å². The van der Waals surface area contributed by atoms with Gasteiger partial charge >= 0.3 is 0 Å². The van der Waals surface area contributed by atoms with Gasteiger partial charge in [0.25, 0.3) is 0 Å². The fourth-order valence-corrected chi connectivity index (χ4v) is 4.74. The molecule has 5 nitrogen and oxygen atoms in total. The second-order valence-corrected chi connectivity index (χ2v) is 8.15. The van der Waals surface area contributed by atoms with Gasteiger partial charge in [-0.3, -0.25) is 0 Å². The van der Waals surface area contributed by atoms with Gasteiger partial charge in [-0.1, -0.05) is 24.3 Å². The van der Waals surface area contributed by atoms with Gasteiger partial charge in [0.05, 0.1) is 24.5 Å². The van der Waals surface area contributed by atoms with Crippen molar-refractivity contribution in [1.82, 2.24) is 4.31 Å². The Kier molecular flexibility index (Phi) is 5.07. The molecule has 130 valence electrons. The van der Waals surface area contributed by atoms with Crippen LogP contribution < -0.4 is 4.74 Å². The van der Waals surface area contributed by atoms with Crippen LogP contribution in [0.3, 0.4) is 0 Å². The summed E-state index contributed by atoms with van der Waals surface area (Å²) in [6.07, 6.45) is 0.809. The van der Waals surface area contributed by atoms with Crippen molar-refractivity contribution in [2.24, 2.45) is 0 Å². The first-order chi connectivity index (χ1) is 12.0. The second-order valence-electron chi connectivity index (χ2n) is 6.19.